The normalized spacial score (nSPS) is 16.8. The van der Waals surface area contributed by atoms with Crippen molar-refractivity contribution in [2.45, 2.75) is 39.5 Å². The number of sulfonamides is 1. The zero-order valence-electron chi connectivity index (χ0n) is 14.5. The van der Waals surface area contributed by atoms with Crippen LogP contribution in [-0.2, 0) is 22.9 Å². The first-order valence-electron chi connectivity index (χ1n) is 8.38. The molecule has 1 aliphatic heterocycles. The minimum atomic E-state index is -3.10. The third-order valence-electron chi connectivity index (χ3n) is 4.56. The molecule has 0 bridgehead atoms. The average Bonchev–Trinajstić information content (AvgIpc) is 2.58. The summed E-state index contributed by atoms with van der Waals surface area (Å²) in [4.78, 5) is 0. The van der Waals surface area contributed by atoms with Gasteiger partial charge in [0.2, 0.25) is 10.0 Å². The van der Waals surface area contributed by atoms with E-state index < -0.39 is 10.0 Å². The highest BCUT2D eigenvalue weighted by atomic mass is 32.2. The van der Waals surface area contributed by atoms with Gasteiger partial charge in [-0.1, -0.05) is 13.8 Å². The third-order valence-corrected chi connectivity index (χ3v) is 5.86. The Kier molecular flexibility index (Phi) is 6.13. The van der Waals surface area contributed by atoms with Crippen molar-refractivity contribution in [3.63, 3.8) is 0 Å². The Morgan fingerprint density at radius 3 is 2.42 bits per heavy atom. The molecule has 0 radical (unpaired) electrons. The maximum Gasteiger partial charge on any atom is 0.211 e. The van der Waals surface area contributed by atoms with Gasteiger partial charge in [-0.2, -0.15) is 10.4 Å². The van der Waals surface area contributed by atoms with E-state index in [4.69, 9.17) is 0 Å². The Balaban J connectivity index is 2.02. The number of aryl methyl sites for hydroxylation is 1. The van der Waals surface area contributed by atoms with Gasteiger partial charge in [-0.3, -0.25) is 0 Å². The minimum absolute atomic E-state index is 0.368. The van der Waals surface area contributed by atoms with Gasteiger partial charge in [-0.05, 0) is 37.2 Å². The van der Waals surface area contributed by atoms with E-state index in [2.05, 4.69) is 21.6 Å². The quantitative estimate of drug-likeness (QED) is 0.835. The molecule has 1 N–H and O–H groups in total. The van der Waals surface area contributed by atoms with Crippen LogP contribution in [0.1, 0.15) is 43.5 Å². The van der Waals surface area contributed by atoms with Gasteiger partial charge < -0.3 is 5.32 Å². The van der Waals surface area contributed by atoms with Crippen molar-refractivity contribution in [2.75, 3.05) is 31.2 Å². The molecule has 0 atom stereocenters. The van der Waals surface area contributed by atoms with Gasteiger partial charge in [0.25, 0.3) is 0 Å². The van der Waals surface area contributed by atoms with Crippen LogP contribution in [0.2, 0.25) is 0 Å². The highest BCUT2D eigenvalue weighted by Gasteiger charge is 2.25. The second kappa shape index (κ2) is 7.90. The fourth-order valence-electron chi connectivity index (χ4n) is 3.10. The highest BCUT2D eigenvalue weighted by Crippen LogP contribution is 2.23. The van der Waals surface area contributed by atoms with E-state index in [-0.39, 0.29) is 0 Å². The first-order valence-corrected chi connectivity index (χ1v) is 10.2. The maximum atomic E-state index is 11.5. The van der Waals surface area contributed by atoms with E-state index in [1.807, 2.05) is 13.8 Å². The van der Waals surface area contributed by atoms with Crippen molar-refractivity contribution in [2.24, 2.45) is 5.92 Å². The molecule has 0 aromatic carbocycles. The molecule has 8 heteroatoms. The van der Waals surface area contributed by atoms with Crippen LogP contribution in [0.25, 0.3) is 0 Å². The fraction of sp³-hybridized carbons (Fsp3) is 0.688. The lowest BCUT2D eigenvalue weighted by atomic mass is 9.98. The van der Waals surface area contributed by atoms with Crippen LogP contribution < -0.4 is 5.32 Å². The van der Waals surface area contributed by atoms with E-state index in [0.29, 0.717) is 36.9 Å². The zero-order chi connectivity index (χ0) is 17.7. The monoisotopic (exact) mass is 351 g/mol. The van der Waals surface area contributed by atoms with Crippen LogP contribution in [0.3, 0.4) is 0 Å². The summed E-state index contributed by atoms with van der Waals surface area (Å²) in [6.45, 7) is 5.80. The van der Waals surface area contributed by atoms with Crippen LogP contribution in [0.4, 0.5) is 5.82 Å². The molecule has 1 aliphatic rings. The summed E-state index contributed by atoms with van der Waals surface area (Å²) in [5.74, 6) is 0.907. The van der Waals surface area contributed by atoms with Gasteiger partial charge in [0.1, 0.15) is 11.6 Å². The summed E-state index contributed by atoms with van der Waals surface area (Å²) in [5.41, 5.74) is 2.42. The van der Waals surface area contributed by atoms with Crippen LogP contribution in [-0.4, -0.2) is 48.8 Å². The molecule has 1 aromatic rings. The standard InChI is InChI=1S/C16H25N5O2S/c1-4-13-14(10-17)16(20-19-15(13)5-2)18-11-12-6-8-21(9-7-12)24(3,22)23/h12H,4-9,11H2,1-3H3,(H,18,20). The number of piperidine rings is 1. The first-order chi connectivity index (χ1) is 11.4. The molecule has 1 fully saturated rings. The van der Waals surface area contributed by atoms with Crippen molar-refractivity contribution in [1.82, 2.24) is 14.5 Å². The van der Waals surface area contributed by atoms with Gasteiger partial charge >= 0.3 is 0 Å². The van der Waals surface area contributed by atoms with Crippen LogP contribution in [0.15, 0.2) is 0 Å². The molecular weight excluding hydrogens is 326 g/mol. The largest absolute Gasteiger partial charge is 0.367 e. The maximum absolute atomic E-state index is 11.5. The molecule has 0 aliphatic carbocycles. The van der Waals surface area contributed by atoms with Gasteiger partial charge in [0.15, 0.2) is 5.82 Å². The molecule has 2 heterocycles. The summed E-state index contributed by atoms with van der Waals surface area (Å²) in [6, 6.07) is 2.25. The topological polar surface area (TPSA) is 99.0 Å². The predicted octanol–water partition coefficient (Wildman–Crippen LogP) is 1.56. The molecule has 1 saturated heterocycles. The minimum Gasteiger partial charge on any atom is -0.367 e. The molecule has 2 rings (SSSR count). The summed E-state index contributed by atoms with van der Waals surface area (Å²) in [5, 5.41) is 21.1. The van der Waals surface area contributed by atoms with Gasteiger partial charge in [0, 0.05) is 19.6 Å². The fourth-order valence-corrected chi connectivity index (χ4v) is 3.98. The van der Waals surface area contributed by atoms with Crippen molar-refractivity contribution < 1.29 is 8.42 Å². The molecule has 1 aromatic heterocycles. The molecule has 132 valence electrons. The molecule has 0 saturated carbocycles. The smallest absolute Gasteiger partial charge is 0.211 e. The van der Waals surface area contributed by atoms with Crippen LogP contribution in [0.5, 0.6) is 0 Å². The van der Waals surface area contributed by atoms with E-state index >= 15 is 0 Å². The van der Waals surface area contributed by atoms with Crippen LogP contribution >= 0.6 is 0 Å². The lowest BCUT2D eigenvalue weighted by Crippen LogP contribution is -2.39. The number of rotatable bonds is 6. The first kappa shape index (κ1) is 18.6. The van der Waals surface area contributed by atoms with Crippen molar-refractivity contribution >= 4 is 15.8 Å². The van der Waals surface area contributed by atoms with Crippen LogP contribution in [0, 0.1) is 17.2 Å². The van der Waals surface area contributed by atoms with E-state index in [9.17, 15) is 13.7 Å². The lowest BCUT2D eigenvalue weighted by Gasteiger charge is -2.30. The number of hydrogen-bond acceptors (Lipinski definition) is 6. The highest BCUT2D eigenvalue weighted by molar-refractivity contribution is 7.88. The summed E-state index contributed by atoms with van der Waals surface area (Å²) in [6.07, 6.45) is 4.38. The van der Waals surface area contributed by atoms with Crippen molar-refractivity contribution in [3.8, 4) is 6.07 Å². The molecule has 0 spiro atoms. The molecule has 0 amide bonds. The molecular formula is C16H25N5O2S. The van der Waals surface area contributed by atoms with E-state index in [1.54, 1.807) is 0 Å². The number of hydrogen-bond donors (Lipinski definition) is 1. The predicted molar refractivity (Wildman–Crippen MR) is 93.1 cm³/mol. The number of aromatic nitrogens is 2. The Bertz CT molecular complexity index is 719. The summed E-state index contributed by atoms with van der Waals surface area (Å²) >= 11 is 0. The summed E-state index contributed by atoms with van der Waals surface area (Å²) in [7, 11) is -3.10. The number of nitrogens with one attached hydrogen (secondary N) is 1. The summed E-state index contributed by atoms with van der Waals surface area (Å²) < 4.78 is 24.6. The second-order valence-electron chi connectivity index (χ2n) is 6.15. The molecule has 0 unspecified atom stereocenters. The van der Waals surface area contributed by atoms with Crippen molar-refractivity contribution in [3.05, 3.63) is 16.8 Å². The van der Waals surface area contributed by atoms with Crippen molar-refractivity contribution in [1.29, 1.82) is 5.26 Å². The third kappa shape index (κ3) is 4.22. The van der Waals surface area contributed by atoms with Gasteiger partial charge in [0.05, 0.1) is 11.9 Å². The number of nitriles is 1. The zero-order valence-corrected chi connectivity index (χ0v) is 15.4. The Morgan fingerprint density at radius 1 is 1.25 bits per heavy atom. The SMILES string of the molecule is CCc1nnc(NCC2CCN(S(C)(=O)=O)CC2)c(C#N)c1CC. The average molecular weight is 351 g/mol. The van der Waals surface area contributed by atoms with Gasteiger partial charge in [-0.15, -0.1) is 5.10 Å². The van der Waals surface area contributed by atoms with E-state index in [1.165, 1.54) is 10.6 Å². The Morgan fingerprint density at radius 2 is 1.92 bits per heavy atom. The van der Waals surface area contributed by atoms with E-state index in [0.717, 1.165) is 36.9 Å². The lowest BCUT2D eigenvalue weighted by molar-refractivity contribution is 0.283. The molecule has 24 heavy (non-hydrogen) atoms. The second-order valence-corrected chi connectivity index (χ2v) is 8.14. The number of anilines is 1. The Hall–Kier alpha value is -1.72. The van der Waals surface area contributed by atoms with Gasteiger partial charge in [-0.25, -0.2) is 12.7 Å². The number of nitrogens with zero attached hydrogens (tertiary/aromatic N) is 4. The Labute approximate surface area is 144 Å². The molecule has 7 nitrogen and oxygen atoms in total.